The monoisotopic (exact) mass is 387 g/mol. The summed E-state index contributed by atoms with van der Waals surface area (Å²) in [6, 6.07) is 6.45. The van der Waals surface area contributed by atoms with Gasteiger partial charge in [0.2, 0.25) is 11.1 Å². The molecule has 146 valence electrons. The van der Waals surface area contributed by atoms with Crippen molar-refractivity contribution in [3.8, 4) is 5.69 Å². The highest BCUT2D eigenvalue weighted by molar-refractivity contribution is 8.00. The number of nitrogens with one attached hydrogen (secondary N) is 1. The molecule has 4 atom stereocenters. The Morgan fingerprint density at radius 1 is 1.30 bits per heavy atom. The molecule has 1 amide bonds. The van der Waals surface area contributed by atoms with Crippen molar-refractivity contribution >= 4 is 17.7 Å². The highest BCUT2D eigenvalue weighted by Gasteiger charge is 2.30. The summed E-state index contributed by atoms with van der Waals surface area (Å²) < 4.78 is 1.72. The Morgan fingerprint density at radius 3 is 2.85 bits per heavy atom. The molecular formula is C20H29N5OS. The molecule has 0 radical (unpaired) electrons. The van der Waals surface area contributed by atoms with Crippen LogP contribution in [0.3, 0.4) is 0 Å². The van der Waals surface area contributed by atoms with Crippen LogP contribution < -0.4 is 5.32 Å². The van der Waals surface area contributed by atoms with E-state index in [9.17, 15) is 4.79 Å². The second-order valence-electron chi connectivity index (χ2n) is 7.81. The number of carbonyl (C=O) groups excluding carboxylic acids is 1. The highest BCUT2D eigenvalue weighted by Crippen LogP contribution is 2.30. The third kappa shape index (κ3) is 4.51. The van der Waals surface area contributed by atoms with E-state index in [2.05, 4.69) is 52.9 Å². The number of benzene rings is 1. The summed E-state index contributed by atoms with van der Waals surface area (Å²) in [5.41, 5.74) is 3.19. The topological polar surface area (TPSA) is 72.7 Å². The maximum atomic E-state index is 12.7. The molecule has 1 aromatic heterocycles. The zero-order valence-corrected chi connectivity index (χ0v) is 17.6. The van der Waals surface area contributed by atoms with Crippen molar-refractivity contribution in [2.45, 2.75) is 70.3 Å². The van der Waals surface area contributed by atoms with Gasteiger partial charge in [0.15, 0.2) is 0 Å². The van der Waals surface area contributed by atoms with E-state index < -0.39 is 0 Å². The summed E-state index contributed by atoms with van der Waals surface area (Å²) in [5, 5.41) is 15.7. The van der Waals surface area contributed by atoms with Crippen molar-refractivity contribution in [1.29, 1.82) is 0 Å². The molecule has 0 aliphatic heterocycles. The van der Waals surface area contributed by atoms with Gasteiger partial charge in [-0.1, -0.05) is 50.6 Å². The van der Waals surface area contributed by atoms with E-state index in [1.165, 1.54) is 24.6 Å². The fourth-order valence-electron chi connectivity index (χ4n) is 3.65. The van der Waals surface area contributed by atoms with Gasteiger partial charge in [0.1, 0.15) is 0 Å². The van der Waals surface area contributed by atoms with Gasteiger partial charge in [-0.2, -0.15) is 4.68 Å². The number of carbonyl (C=O) groups is 1. The minimum Gasteiger partial charge on any atom is -0.352 e. The molecule has 1 aliphatic carbocycles. The summed E-state index contributed by atoms with van der Waals surface area (Å²) in [6.45, 7) is 10.5. The molecular weight excluding hydrogens is 358 g/mol. The molecule has 0 unspecified atom stereocenters. The van der Waals surface area contributed by atoms with Crippen LogP contribution in [0.25, 0.3) is 5.69 Å². The molecule has 0 saturated heterocycles. The minimum atomic E-state index is -0.260. The smallest absolute Gasteiger partial charge is 0.233 e. The standard InChI is InChI=1S/C20H29N5OS/c1-12-9-10-14(3)18(11-12)25-20(22-23-24-25)27-16(5)19(26)21-17-8-6-7-13(2)15(17)4/h9-11,13,15-17H,6-8H2,1-5H3,(H,21,26)/t13-,15-,16-,17-/m0/s1. The largest absolute Gasteiger partial charge is 0.352 e. The molecule has 0 spiro atoms. The Balaban J connectivity index is 1.70. The average Bonchev–Trinajstić information content (AvgIpc) is 3.08. The van der Waals surface area contributed by atoms with Crippen molar-refractivity contribution in [3.05, 3.63) is 29.3 Å². The second kappa shape index (κ2) is 8.42. The number of aromatic nitrogens is 4. The fourth-order valence-corrected chi connectivity index (χ4v) is 4.46. The predicted molar refractivity (Wildman–Crippen MR) is 108 cm³/mol. The molecule has 6 nitrogen and oxygen atoms in total. The summed E-state index contributed by atoms with van der Waals surface area (Å²) in [6.07, 6.45) is 3.50. The number of hydrogen-bond acceptors (Lipinski definition) is 5. The molecule has 1 fully saturated rings. The van der Waals surface area contributed by atoms with Crippen molar-refractivity contribution in [2.75, 3.05) is 0 Å². The lowest BCUT2D eigenvalue weighted by Crippen LogP contribution is -2.46. The van der Waals surface area contributed by atoms with E-state index in [1.54, 1.807) is 4.68 Å². The maximum absolute atomic E-state index is 12.7. The minimum absolute atomic E-state index is 0.0569. The Bertz CT molecular complexity index is 805. The molecule has 2 aromatic rings. The van der Waals surface area contributed by atoms with Crippen LogP contribution in [0.1, 0.15) is 51.2 Å². The Hall–Kier alpha value is -1.89. The number of aryl methyl sites for hydroxylation is 2. The third-order valence-electron chi connectivity index (χ3n) is 5.72. The van der Waals surface area contributed by atoms with Gasteiger partial charge < -0.3 is 5.32 Å². The lowest BCUT2D eigenvalue weighted by atomic mass is 9.78. The molecule has 27 heavy (non-hydrogen) atoms. The quantitative estimate of drug-likeness (QED) is 0.792. The van der Waals surface area contributed by atoms with Crippen LogP contribution in [-0.2, 0) is 4.79 Å². The molecule has 1 N–H and O–H groups in total. The van der Waals surface area contributed by atoms with Crippen LogP contribution in [0.2, 0.25) is 0 Å². The van der Waals surface area contributed by atoms with Gasteiger partial charge in [0.25, 0.3) is 0 Å². The van der Waals surface area contributed by atoms with E-state index in [0.29, 0.717) is 17.0 Å². The van der Waals surface area contributed by atoms with Crippen LogP contribution in [0.15, 0.2) is 23.4 Å². The first-order chi connectivity index (χ1) is 12.9. The number of hydrogen-bond donors (Lipinski definition) is 1. The molecule has 0 bridgehead atoms. The van der Waals surface area contributed by atoms with Crippen LogP contribution in [-0.4, -0.2) is 37.4 Å². The van der Waals surface area contributed by atoms with Gasteiger partial charge in [-0.3, -0.25) is 4.79 Å². The molecule has 1 aromatic carbocycles. The lowest BCUT2D eigenvalue weighted by molar-refractivity contribution is -0.121. The summed E-state index contributed by atoms with van der Waals surface area (Å²) in [5.74, 6) is 1.23. The Morgan fingerprint density at radius 2 is 2.07 bits per heavy atom. The van der Waals surface area contributed by atoms with Gasteiger partial charge in [-0.25, -0.2) is 0 Å². The summed E-state index contributed by atoms with van der Waals surface area (Å²) >= 11 is 1.40. The Labute approximate surface area is 165 Å². The number of rotatable bonds is 5. The van der Waals surface area contributed by atoms with E-state index in [1.807, 2.05) is 20.8 Å². The van der Waals surface area contributed by atoms with Gasteiger partial charge in [-0.15, -0.1) is 5.10 Å². The first-order valence-electron chi connectivity index (χ1n) is 9.70. The number of thioether (sulfide) groups is 1. The first-order valence-corrected chi connectivity index (χ1v) is 10.6. The fraction of sp³-hybridized carbons (Fsp3) is 0.600. The SMILES string of the molecule is Cc1ccc(C)c(-n2nnnc2S[C@@H](C)C(=O)N[C@H]2CCC[C@H](C)[C@@H]2C)c1. The van der Waals surface area contributed by atoms with Gasteiger partial charge in [0.05, 0.1) is 10.9 Å². The number of nitrogens with zero attached hydrogens (tertiary/aromatic N) is 4. The van der Waals surface area contributed by atoms with Gasteiger partial charge >= 0.3 is 0 Å². The molecule has 1 saturated carbocycles. The van der Waals surface area contributed by atoms with Crippen molar-refractivity contribution in [1.82, 2.24) is 25.5 Å². The molecule has 3 rings (SSSR count). The average molecular weight is 388 g/mol. The van der Waals surface area contributed by atoms with Crippen LogP contribution in [0.4, 0.5) is 0 Å². The van der Waals surface area contributed by atoms with E-state index in [-0.39, 0.29) is 17.2 Å². The number of tetrazole rings is 1. The van der Waals surface area contributed by atoms with Crippen LogP contribution in [0, 0.1) is 25.7 Å². The van der Waals surface area contributed by atoms with Crippen molar-refractivity contribution in [3.63, 3.8) is 0 Å². The molecule has 1 aliphatic rings. The predicted octanol–water partition coefficient (Wildman–Crippen LogP) is 3.70. The second-order valence-corrected chi connectivity index (χ2v) is 9.11. The molecule has 1 heterocycles. The zero-order valence-electron chi connectivity index (χ0n) is 16.8. The first kappa shape index (κ1) is 19.9. The summed E-state index contributed by atoms with van der Waals surface area (Å²) in [7, 11) is 0. The third-order valence-corrected chi connectivity index (χ3v) is 6.75. The Kier molecular flexibility index (Phi) is 6.19. The van der Waals surface area contributed by atoms with Gasteiger partial charge in [0, 0.05) is 6.04 Å². The van der Waals surface area contributed by atoms with Crippen molar-refractivity contribution in [2.24, 2.45) is 11.8 Å². The normalized spacial score (nSPS) is 23.8. The van der Waals surface area contributed by atoms with E-state index in [0.717, 1.165) is 23.2 Å². The number of amides is 1. The highest BCUT2D eigenvalue weighted by atomic mass is 32.2. The van der Waals surface area contributed by atoms with E-state index in [4.69, 9.17) is 0 Å². The maximum Gasteiger partial charge on any atom is 0.233 e. The van der Waals surface area contributed by atoms with Crippen LogP contribution in [0.5, 0.6) is 0 Å². The van der Waals surface area contributed by atoms with Gasteiger partial charge in [-0.05, 0) is 66.6 Å². The van der Waals surface area contributed by atoms with Crippen molar-refractivity contribution < 1.29 is 4.79 Å². The van der Waals surface area contributed by atoms with Crippen LogP contribution >= 0.6 is 11.8 Å². The van der Waals surface area contributed by atoms with E-state index >= 15 is 0 Å². The zero-order chi connectivity index (χ0) is 19.6. The lowest BCUT2D eigenvalue weighted by Gasteiger charge is -2.35. The summed E-state index contributed by atoms with van der Waals surface area (Å²) in [4.78, 5) is 12.7. The molecule has 7 heteroatoms.